The van der Waals surface area contributed by atoms with Crippen LogP contribution in [0.15, 0.2) is 18.2 Å². The van der Waals surface area contributed by atoms with Crippen molar-refractivity contribution < 1.29 is 4.74 Å². The van der Waals surface area contributed by atoms with E-state index < -0.39 is 0 Å². The summed E-state index contributed by atoms with van der Waals surface area (Å²) >= 11 is 3.73. The largest absolute Gasteiger partial charge is 0.496 e. The Kier molecular flexibility index (Phi) is 6.04. The van der Waals surface area contributed by atoms with Crippen LogP contribution in [0.25, 0.3) is 0 Å². The molecule has 0 radical (unpaired) electrons. The van der Waals surface area contributed by atoms with Crippen molar-refractivity contribution in [1.82, 2.24) is 0 Å². The quantitative estimate of drug-likeness (QED) is 0.689. The summed E-state index contributed by atoms with van der Waals surface area (Å²) in [4.78, 5) is 0.623. The molecule has 0 amide bonds. The van der Waals surface area contributed by atoms with Gasteiger partial charge in [0.05, 0.1) is 7.11 Å². The van der Waals surface area contributed by atoms with Gasteiger partial charge in [0.1, 0.15) is 5.75 Å². The smallest absolute Gasteiger partial charge is 0.122 e. The Bertz CT molecular complexity index is 347. The summed E-state index contributed by atoms with van der Waals surface area (Å²) in [5.41, 5.74) is 2.64. The van der Waals surface area contributed by atoms with Crippen molar-refractivity contribution in [3.05, 3.63) is 29.3 Å². The molecule has 0 spiro atoms. The number of benzene rings is 1. The fraction of sp³-hybridized carbons (Fsp3) is 0.600. The molecule has 1 nitrogen and oxygen atoms in total. The Hall–Kier alpha value is -0.500. The zero-order valence-corrected chi connectivity index (χ0v) is 12.9. The van der Waals surface area contributed by atoms with Crippen LogP contribution in [0.1, 0.15) is 37.8 Å². The predicted molar refractivity (Wildman–Crippen MR) is 78.2 cm³/mol. The first kappa shape index (κ1) is 14.6. The summed E-state index contributed by atoms with van der Waals surface area (Å²) in [6.45, 7) is 6.64. The molecule has 0 saturated carbocycles. The number of methoxy groups -OCH3 is 1. The molecule has 0 fully saturated rings. The van der Waals surface area contributed by atoms with Gasteiger partial charge in [-0.1, -0.05) is 47.5 Å². The van der Waals surface area contributed by atoms with E-state index in [1.165, 1.54) is 24.0 Å². The molecule has 0 aliphatic heterocycles. The standard InChI is InChI=1S/C15H23BrO/c1-11(2)14(16)7-5-6-13-10-12(3)8-9-15(13)17-4/h8-11,14H,5-7H2,1-4H3. The van der Waals surface area contributed by atoms with Crippen LogP contribution in [0.3, 0.4) is 0 Å². The highest BCUT2D eigenvalue weighted by Gasteiger charge is 2.09. The highest BCUT2D eigenvalue weighted by Crippen LogP contribution is 2.24. The Labute approximate surface area is 114 Å². The van der Waals surface area contributed by atoms with Crippen molar-refractivity contribution in [2.45, 2.75) is 44.9 Å². The number of ether oxygens (including phenoxy) is 1. The van der Waals surface area contributed by atoms with Crippen molar-refractivity contribution in [1.29, 1.82) is 0 Å². The number of aryl methyl sites for hydroxylation is 2. The van der Waals surface area contributed by atoms with Gasteiger partial charge in [-0.15, -0.1) is 0 Å². The highest BCUT2D eigenvalue weighted by atomic mass is 79.9. The second-order valence-corrected chi connectivity index (χ2v) is 6.14. The first-order chi connectivity index (χ1) is 8.04. The van der Waals surface area contributed by atoms with Gasteiger partial charge < -0.3 is 4.74 Å². The maximum absolute atomic E-state index is 5.39. The van der Waals surface area contributed by atoms with Gasteiger partial charge in [-0.05, 0) is 43.7 Å². The van der Waals surface area contributed by atoms with Crippen molar-refractivity contribution in [3.8, 4) is 5.75 Å². The summed E-state index contributed by atoms with van der Waals surface area (Å²) in [5.74, 6) is 1.72. The molecule has 2 heteroatoms. The number of alkyl halides is 1. The second-order valence-electron chi connectivity index (χ2n) is 4.97. The summed E-state index contributed by atoms with van der Waals surface area (Å²) in [6.07, 6.45) is 3.52. The first-order valence-electron chi connectivity index (χ1n) is 6.32. The molecular weight excluding hydrogens is 276 g/mol. The van der Waals surface area contributed by atoms with E-state index in [-0.39, 0.29) is 0 Å². The Morgan fingerprint density at radius 1 is 1.29 bits per heavy atom. The molecule has 0 aliphatic rings. The lowest BCUT2D eigenvalue weighted by Crippen LogP contribution is -2.07. The third-order valence-electron chi connectivity index (χ3n) is 3.09. The Morgan fingerprint density at radius 2 is 2.00 bits per heavy atom. The third kappa shape index (κ3) is 4.71. The van der Waals surface area contributed by atoms with Crippen LogP contribution in [0, 0.1) is 12.8 Å². The molecule has 1 atom stereocenters. The van der Waals surface area contributed by atoms with Crippen LogP contribution >= 0.6 is 15.9 Å². The molecule has 96 valence electrons. The first-order valence-corrected chi connectivity index (χ1v) is 7.23. The molecule has 0 aliphatic carbocycles. The normalized spacial score (nSPS) is 12.8. The molecule has 1 unspecified atom stereocenters. The van der Waals surface area contributed by atoms with Gasteiger partial charge in [0.2, 0.25) is 0 Å². The van der Waals surface area contributed by atoms with Crippen LogP contribution in [0.4, 0.5) is 0 Å². The summed E-state index contributed by atoms with van der Waals surface area (Å²) < 4.78 is 5.39. The van der Waals surface area contributed by atoms with Crippen molar-refractivity contribution in [2.75, 3.05) is 7.11 Å². The van der Waals surface area contributed by atoms with Crippen LogP contribution in [0.2, 0.25) is 0 Å². The predicted octanol–water partition coefficient (Wildman–Crippen LogP) is 4.75. The van der Waals surface area contributed by atoms with Crippen LogP contribution < -0.4 is 4.74 Å². The van der Waals surface area contributed by atoms with E-state index in [1.807, 2.05) is 0 Å². The van der Waals surface area contributed by atoms with E-state index in [9.17, 15) is 0 Å². The molecule has 17 heavy (non-hydrogen) atoms. The maximum atomic E-state index is 5.39. The molecular formula is C15H23BrO. The van der Waals surface area contributed by atoms with Crippen LogP contribution in [-0.4, -0.2) is 11.9 Å². The zero-order valence-electron chi connectivity index (χ0n) is 11.3. The van der Waals surface area contributed by atoms with Crippen molar-refractivity contribution in [2.24, 2.45) is 5.92 Å². The summed E-state index contributed by atoms with van der Waals surface area (Å²) in [6, 6.07) is 6.40. The molecule has 0 bridgehead atoms. The van der Waals surface area contributed by atoms with Gasteiger partial charge >= 0.3 is 0 Å². The van der Waals surface area contributed by atoms with E-state index in [0.29, 0.717) is 10.7 Å². The maximum Gasteiger partial charge on any atom is 0.122 e. The van der Waals surface area contributed by atoms with Gasteiger partial charge in [-0.3, -0.25) is 0 Å². The number of hydrogen-bond acceptors (Lipinski definition) is 1. The number of hydrogen-bond donors (Lipinski definition) is 0. The third-order valence-corrected chi connectivity index (χ3v) is 4.60. The number of rotatable bonds is 6. The highest BCUT2D eigenvalue weighted by molar-refractivity contribution is 9.09. The topological polar surface area (TPSA) is 9.23 Å². The van der Waals surface area contributed by atoms with Gasteiger partial charge in [0, 0.05) is 4.83 Å². The SMILES string of the molecule is COc1ccc(C)cc1CCCC(Br)C(C)C. The minimum Gasteiger partial charge on any atom is -0.496 e. The zero-order chi connectivity index (χ0) is 12.8. The summed E-state index contributed by atoms with van der Waals surface area (Å²) in [5, 5.41) is 0. The van der Waals surface area contributed by atoms with Crippen LogP contribution in [0.5, 0.6) is 5.75 Å². The molecule has 0 aromatic heterocycles. The second kappa shape index (κ2) is 7.05. The van der Waals surface area contributed by atoms with Crippen LogP contribution in [-0.2, 0) is 6.42 Å². The molecule has 0 N–H and O–H groups in total. The van der Waals surface area contributed by atoms with E-state index in [0.717, 1.165) is 12.2 Å². The van der Waals surface area contributed by atoms with E-state index in [4.69, 9.17) is 4.74 Å². The molecule has 0 heterocycles. The monoisotopic (exact) mass is 298 g/mol. The van der Waals surface area contributed by atoms with Gasteiger partial charge in [-0.25, -0.2) is 0 Å². The lowest BCUT2D eigenvalue weighted by molar-refractivity contribution is 0.408. The minimum atomic E-state index is 0.623. The van der Waals surface area contributed by atoms with Crippen molar-refractivity contribution >= 4 is 15.9 Å². The lowest BCUT2D eigenvalue weighted by atomic mass is 10.0. The Morgan fingerprint density at radius 3 is 2.59 bits per heavy atom. The lowest BCUT2D eigenvalue weighted by Gasteiger charge is -2.14. The summed E-state index contributed by atoms with van der Waals surface area (Å²) in [7, 11) is 1.75. The molecule has 1 rings (SSSR count). The molecule has 1 aromatic carbocycles. The van der Waals surface area contributed by atoms with E-state index >= 15 is 0 Å². The van der Waals surface area contributed by atoms with E-state index in [1.54, 1.807) is 7.11 Å². The average molecular weight is 299 g/mol. The van der Waals surface area contributed by atoms with Gasteiger partial charge in [0.25, 0.3) is 0 Å². The fourth-order valence-electron chi connectivity index (χ4n) is 1.92. The molecule has 1 aromatic rings. The van der Waals surface area contributed by atoms with Crippen molar-refractivity contribution in [3.63, 3.8) is 0 Å². The average Bonchev–Trinajstić information content (AvgIpc) is 2.29. The molecule has 0 saturated heterocycles. The fourth-order valence-corrected chi connectivity index (χ4v) is 2.25. The number of halogens is 1. The Balaban J connectivity index is 2.53. The van der Waals surface area contributed by atoms with E-state index in [2.05, 4.69) is 54.9 Å². The van der Waals surface area contributed by atoms with Gasteiger partial charge in [0.15, 0.2) is 0 Å². The minimum absolute atomic E-state index is 0.623. The van der Waals surface area contributed by atoms with Gasteiger partial charge in [-0.2, -0.15) is 0 Å².